The average Bonchev–Trinajstić information content (AvgIpc) is 3.39. The number of carbonyl (C=O) groups excluding carboxylic acids is 1. The van der Waals surface area contributed by atoms with E-state index in [-0.39, 0.29) is 17.9 Å². The second-order valence-electron chi connectivity index (χ2n) is 9.18. The lowest BCUT2D eigenvalue weighted by Gasteiger charge is -2.17. The van der Waals surface area contributed by atoms with Crippen molar-refractivity contribution in [2.75, 3.05) is 13.2 Å². The number of nitrogens with one attached hydrogen (secondary N) is 2. The van der Waals surface area contributed by atoms with E-state index in [1.165, 1.54) is 18.2 Å². The lowest BCUT2D eigenvalue weighted by molar-refractivity contribution is -0.384. The van der Waals surface area contributed by atoms with Crippen molar-refractivity contribution >= 4 is 28.6 Å². The number of aromatic amines is 1. The van der Waals surface area contributed by atoms with Gasteiger partial charge in [0.2, 0.25) is 0 Å². The van der Waals surface area contributed by atoms with Gasteiger partial charge in [-0.3, -0.25) is 14.9 Å². The standard InChI is InChI=1S/C32H30N4O5/c1-3-8-24-15-23(18-30(40-4-2)31(24)41-21-22-9-7-10-27(17-22)36(38)39)16-26(19-33)32(37)34-14-13-25-20-35-29-12-6-5-11-28(25)29/h3,5-7,9-12,15-18,20,35H,1,4,8,13-14,21H2,2H3,(H,34,37)/b26-16-. The normalized spacial score (nSPS) is 11.1. The number of benzene rings is 3. The third-order valence-corrected chi connectivity index (χ3v) is 6.35. The maximum atomic E-state index is 12.9. The van der Waals surface area contributed by atoms with E-state index in [1.54, 1.807) is 24.3 Å². The Morgan fingerprint density at radius 1 is 1.15 bits per heavy atom. The van der Waals surface area contributed by atoms with Crippen LogP contribution in [-0.2, 0) is 24.2 Å². The van der Waals surface area contributed by atoms with E-state index in [4.69, 9.17) is 9.47 Å². The van der Waals surface area contributed by atoms with E-state index < -0.39 is 10.8 Å². The highest BCUT2D eigenvalue weighted by atomic mass is 16.6. The maximum Gasteiger partial charge on any atom is 0.269 e. The molecule has 0 spiro atoms. The number of rotatable bonds is 13. The quantitative estimate of drug-likeness (QED) is 0.0685. The zero-order valence-electron chi connectivity index (χ0n) is 22.7. The van der Waals surface area contributed by atoms with Gasteiger partial charge in [-0.25, -0.2) is 0 Å². The number of H-pyrrole nitrogens is 1. The molecule has 0 aliphatic rings. The van der Waals surface area contributed by atoms with Gasteiger partial charge in [-0.05, 0) is 60.7 Å². The molecule has 0 unspecified atom stereocenters. The van der Waals surface area contributed by atoms with Gasteiger partial charge in [0, 0.05) is 41.3 Å². The SMILES string of the molecule is C=CCc1cc(/C=C(/C#N)C(=O)NCCc2c[nH]c3ccccc23)cc(OCC)c1OCc1cccc([N+](=O)[O-])c1. The molecule has 9 nitrogen and oxygen atoms in total. The summed E-state index contributed by atoms with van der Waals surface area (Å²) in [6.45, 7) is 6.47. The zero-order valence-corrected chi connectivity index (χ0v) is 22.7. The highest BCUT2D eigenvalue weighted by molar-refractivity contribution is 6.01. The molecule has 1 heterocycles. The molecule has 4 rings (SSSR count). The molecule has 0 aliphatic carbocycles. The van der Waals surface area contributed by atoms with Crippen LogP contribution in [0.4, 0.5) is 5.69 Å². The lowest BCUT2D eigenvalue weighted by atomic mass is 10.0. The van der Waals surface area contributed by atoms with Gasteiger partial charge in [-0.1, -0.05) is 36.4 Å². The number of hydrogen-bond donors (Lipinski definition) is 2. The molecule has 0 radical (unpaired) electrons. The van der Waals surface area contributed by atoms with Gasteiger partial charge < -0.3 is 19.8 Å². The molecule has 2 N–H and O–H groups in total. The predicted octanol–water partition coefficient (Wildman–Crippen LogP) is 6.05. The van der Waals surface area contributed by atoms with Gasteiger partial charge in [-0.15, -0.1) is 6.58 Å². The summed E-state index contributed by atoms with van der Waals surface area (Å²) in [7, 11) is 0. The Balaban J connectivity index is 1.52. The third-order valence-electron chi connectivity index (χ3n) is 6.35. The Labute approximate surface area is 237 Å². The number of carbonyl (C=O) groups is 1. The second kappa shape index (κ2) is 13.6. The first-order valence-corrected chi connectivity index (χ1v) is 13.1. The van der Waals surface area contributed by atoms with Crippen LogP contribution in [0.2, 0.25) is 0 Å². The number of para-hydroxylation sites is 1. The number of nitriles is 1. The van der Waals surface area contributed by atoms with E-state index in [1.807, 2.05) is 49.5 Å². The van der Waals surface area contributed by atoms with Crippen LogP contribution in [0.1, 0.15) is 29.2 Å². The first kappa shape index (κ1) is 28.6. The maximum absolute atomic E-state index is 12.9. The molecule has 9 heteroatoms. The Kier molecular flexibility index (Phi) is 9.52. The van der Waals surface area contributed by atoms with Gasteiger partial charge in [-0.2, -0.15) is 5.26 Å². The van der Waals surface area contributed by atoms with E-state index in [9.17, 15) is 20.2 Å². The van der Waals surface area contributed by atoms with E-state index >= 15 is 0 Å². The molecule has 0 saturated heterocycles. The van der Waals surface area contributed by atoms with Crippen molar-refractivity contribution in [2.45, 2.75) is 26.4 Å². The molecule has 0 saturated carbocycles. The van der Waals surface area contributed by atoms with Gasteiger partial charge >= 0.3 is 0 Å². The number of nitrogens with zero attached hydrogens (tertiary/aromatic N) is 2. The van der Waals surface area contributed by atoms with Crippen LogP contribution < -0.4 is 14.8 Å². The van der Waals surface area contributed by atoms with Crippen LogP contribution >= 0.6 is 0 Å². The highest BCUT2D eigenvalue weighted by Gasteiger charge is 2.16. The molecule has 0 bridgehead atoms. The Morgan fingerprint density at radius 2 is 1.98 bits per heavy atom. The first-order chi connectivity index (χ1) is 19.9. The fraction of sp³-hybridized carbons (Fsp3) is 0.188. The molecule has 1 aromatic heterocycles. The monoisotopic (exact) mass is 550 g/mol. The van der Waals surface area contributed by atoms with Crippen molar-refractivity contribution in [1.29, 1.82) is 5.26 Å². The van der Waals surface area contributed by atoms with E-state index in [2.05, 4.69) is 16.9 Å². The molecular formula is C32H30N4O5. The van der Waals surface area contributed by atoms with Gasteiger partial charge in [0.15, 0.2) is 11.5 Å². The summed E-state index contributed by atoms with van der Waals surface area (Å²) in [5, 5.41) is 24.8. The number of ether oxygens (including phenoxy) is 2. The first-order valence-electron chi connectivity index (χ1n) is 13.1. The summed E-state index contributed by atoms with van der Waals surface area (Å²) >= 11 is 0. The molecule has 208 valence electrons. The Hall–Kier alpha value is -5.36. The molecule has 41 heavy (non-hydrogen) atoms. The van der Waals surface area contributed by atoms with E-state index in [0.717, 1.165) is 22.0 Å². The van der Waals surface area contributed by atoms with Crippen LogP contribution in [0.25, 0.3) is 17.0 Å². The predicted molar refractivity (Wildman–Crippen MR) is 158 cm³/mol. The number of non-ortho nitro benzene ring substituents is 1. The molecule has 0 aliphatic heterocycles. The van der Waals surface area contributed by atoms with Crippen molar-refractivity contribution in [1.82, 2.24) is 10.3 Å². The smallest absolute Gasteiger partial charge is 0.269 e. The number of hydrogen-bond acceptors (Lipinski definition) is 6. The van der Waals surface area contributed by atoms with Gasteiger partial charge in [0.25, 0.3) is 11.6 Å². The molecular weight excluding hydrogens is 520 g/mol. The van der Waals surface area contributed by atoms with Crippen molar-refractivity contribution in [2.24, 2.45) is 0 Å². The van der Waals surface area contributed by atoms with Crippen molar-refractivity contribution in [3.05, 3.63) is 117 Å². The lowest BCUT2D eigenvalue weighted by Crippen LogP contribution is -2.26. The minimum atomic E-state index is -0.471. The zero-order chi connectivity index (χ0) is 29.2. The van der Waals surface area contributed by atoms with Crippen LogP contribution in [0.3, 0.4) is 0 Å². The molecule has 1 amide bonds. The number of nitro benzene ring substituents is 1. The number of amides is 1. The van der Waals surface area contributed by atoms with Crippen LogP contribution in [-0.4, -0.2) is 29.0 Å². The van der Waals surface area contributed by atoms with Crippen molar-refractivity contribution in [3.8, 4) is 17.6 Å². The van der Waals surface area contributed by atoms with Gasteiger partial charge in [0.1, 0.15) is 18.2 Å². The van der Waals surface area contributed by atoms with Crippen molar-refractivity contribution in [3.63, 3.8) is 0 Å². The average molecular weight is 551 g/mol. The molecule has 0 atom stereocenters. The summed E-state index contributed by atoms with van der Waals surface area (Å²) in [4.78, 5) is 26.8. The fourth-order valence-corrected chi connectivity index (χ4v) is 4.48. The third kappa shape index (κ3) is 7.19. The highest BCUT2D eigenvalue weighted by Crippen LogP contribution is 2.35. The van der Waals surface area contributed by atoms with Gasteiger partial charge in [0.05, 0.1) is 11.5 Å². The summed E-state index contributed by atoms with van der Waals surface area (Å²) in [5.74, 6) is 0.430. The van der Waals surface area contributed by atoms with Crippen LogP contribution in [0.5, 0.6) is 11.5 Å². The molecule has 0 fully saturated rings. The summed E-state index contributed by atoms with van der Waals surface area (Å²) < 4.78 is 11.9. The minimum Gasteiger partial charge on any atom is -0.490 e. The Bertz CT molecular complexity index is 1650. The number of aromatic nitrogens is 1. The fourth-order valence-electron chi connectivity index (χ4n) is 4.48. The summed E-state index contributed by atoms with van der Waals surface area (Å²) in [6, 6.07) is 19.7. The van der Waals surface area contributed by atoms with Crippen LogP contribution in [0, 0.1) is 21.4 Å². The minimum absolute atomic E-state index is 0.0216. The number of fused-ring (bicyclic) bond motifs is 1. The number of allylic oxidation sites excluding steroid dienone is 1. The summed E-state index contributed by atoms with van der Waals surface area (Å²) in [6.07, 6.45) is 6.20. The van der Waals surface area contributed by atoms with E-state index in [0.29, 0.717) is 48.6 Å². The topological polar surface area (TPSA) is 130 Å². The molecule has 3 aromatic carbocycles. The van der Waals surface area contributed by atoms with Crippen molar-refractivity contribution < 1.29 is 19.2 Å². The Morgan fingerprint density at radius 3 is 2.73 bits per heavy atom. The molecule has 4 aromatic rings. The largest absolute Gasteiger partial charge is 0.490 e. The second-order valence-corrected chi connectivity index (χ2v) is 9.18. The van der Waals surface area contributed by atoms with Crippen LogP contribution in [0.15, 0.2) is 85.1 Å². The summed E-state index contributed by atoms with van der Waals surface area (Å²) in [5.41, 5.74) is 4.01. The number of nitro groups is 1.